The molecule has 1 aliphatic carbocycles. The first-order valence-electron chi connectivity index (χ1n) is 7.90. The first-order valence-corrected chi connectivity index (χ1v) is 7.90. The van der Waals surface area contributed by atoms with Crippen molar-refractivity contribution in [3.63, 3.8) is 0 Å². The summed E-state index contributed by atoms with van der Waals surface area (Å²) in [6.07, 6.45) is 4.01. The lowest BCUT2D eigenvalue weighted by atomic mass is 10.0. The van der Waals surface area contributed by atoms with Crippen LogP contribution in [0.5, 0.6) is 0 Å². The first kappa shape index (κ1) is 15.3. The minimum Gasteiger partial charge on any atom is -0.352 e. The minimum absolute atomic E-state index is 0.0960. The lowest BCUT2D eigenvalue weighted by molar-refractivity contribution is -0.122. The van der Waals surface area contributed by atoms with Crippen molar-refractivity contribution in [3.8, 4) is 6.07 Å². The van der Waals surface area contributed by atoms with Gasteiger partial charge in [-0.2, -0.15) is 5.26 Å². The van der Waals surface area contributed by atoms with Crippen LogP contribution < -0.4 is 5.32 Å². The highest BCUT2D eigenvalue weighted by molar-refractivity contribution is 6.13. The molecule has 2 aromatic rings. The highest BCUT2D eigenvalue weighted by Crippen LogP contribution is 2.22. The number of nitriles is 1. The molecule has 1 saturated carbocycles. The average Bonchev–Trinajstić information content (AvgIpc) is 3.16. The normalized spacial score (nSPS) is 16.2. The molecule has 1 aliphatic rings. The van der Waals surface area contributed by atoms with Crippen molar-refractivity contribution in [3.05, 3.63) is 36.0 Å². The fourth-order valence-corrected chi connectivity index (χ4v) is 3.26. The molecule has 5 heteroatoms. The SMILES string of the molecule is Cn1c(C(=O)C(C#N)C(=O)NC2CCCC2)cc2ccccc21. The number of carbonyl (C=O) groups excluding carboxylic acids is 2. The van der Waals surface area contributed by atoms with Gasteiger partial charge in [0, 0.05) is 24.0 Å². The summed E-state index contributed by atoms with van der Waals surface area (Å²) in [7, 11) is 1.78. The number of Topliss-reactive ketones (excluding diaryl/α,β-unsaturated/α-hetero) is 1. The summed E-state index contributed by atoms with van der Waals surface area (Å²) in [6.45, 7) is 0. The molecule has 1 atom stereocenters. The summed E-state index contributed by atoms with van der Waals surface area (Å²) in [4.78, 5) is 25.0. The van der Waals surface area contributed by atoms with Crippen LogP contribution in [0.3, 0.4) is 0 Å². The van der Waals surface area contributed by atoms with E-state index in [1.54, 1.807) is 17.7 Å². The standard InChI is InChI=1S/C18H19N3O2/c1-21-15-9-5-2-6-12(15)10-16(21)17(22)14(11-19)18(23)20-13-7-3-4-8-13/h2,5-6,9-10,13-14H,3-4,7-8H2,1H3,(H,20,23). The Hall–Kier alpha value is -2.61. The van der Waals surface area contributed by atoms with E-state index in [-0.39, 0.29) is 6.04 Å². The quantitative estimate of drug-likeness (QED) is 0.696. The molecule has 0 spiro atoms. The van der Waals surface area contributed by atoms with Crippen molar-refractivity contribution in [1.29, 1.82) is 5.26 Å². The number of aromatic nitrogens is 1. The van der Waals surface area contributed by atoms with Crippen LogP contribution in [0.2, 0.25) is 0 Å². The van der Waals surface area contributed by atoms with Gasteiger partial charge >= 0.3 is 0 Å². The third-order valence-corrected chi connectivity index (χ3v) is 4.56. The number of amides is 1. The molecule has 118 valence electrons. The molecular formula is C18H19N3O2. The second kappa shape index (κ2) is 6.25. The number of rotatable bonds is 4. The molecule has 1 fully saturated rings. The van der Waals surface area contributed by atoms with E-state index in [1.807, 2.05) is 30.3 Å². The number of fused-ring (bicyclic) bond motifs is 1. The van der Waals surface area contributed by atoms with Crippen LogP contribution in [-0.2, 0) is 11.8 Å². The molecule has 1 amide bonds. The maximum Gasteiger partial charge on any atom is 0.245 e. The summed E-state index contributed by atoms with van der Waals surface area (Å²) < 4.78 is 1.74. The van der Waals surface area contributed by atoms with Gasteiger partial charge in [-0.05, 0) is 25.0 Å². The Morgan fingerprint density at radius 3 is 2.65 bits per heavy atom. The predicted octanol–water partition coefficient (Wildman–Crippen LogP) is 2.56. The zero-order chi connectivity index (χ0) is 16.4. The number of benzene rings is 1. The molecule has 1 aromatic carbocycles. The molecule has 1 N–H and O–H groups in total. The van der Waals surface area contributed by atoms with E-state index in [0.29, 0.717) is 5.69 Å². The van der Waals surface area contributed by atoms with Gasteiger partial charge in [-0.25, -0.2) is 0 Å². The molecule has 23 heavy (non-hydrogen) atoms. The van der Waals surface area contributed by atoms with E-state index < -0.39 is 17.6 Å². The first-order chi connectivity index (χ1) is 11.1. The molecule has 3 rings (SSSR count). The van der Waals surface area contributed by atoms with Crippen LogP contribution in [-0.4, -0.2) is 22.3 Å². The Labute approximate surface area is 134 Å². The van der Waals surface area contributed by atoms with Gasteiger partial charge in [-0.1, -0.05) is 31.0 Å². The number of carbonyl (C=O) groups is 2. The van der Waals surface area contributed by atoms with Crippen LogP contribution in [0.25, 0.3) is 10.9 Å². The molecule has 1 unspecified atom stereocenters. The lowest BCUT2D eigenvalue weighted by Gasteiger charge is -2.14. The van der Waals surface area contributed by atoms with E-state index in [9.17, 15) is 14.9 Å². The number of hydrogen-bond acceptors (Lipinski definition) is 3. The summed E-state index contributed by atoms with van der Waals surface area (Å²) in [5.41, 5.74) is 1.29. The van der Waals surface area contributed by atoms with Crippen LogP contribution in [0.15, 0.2) is 30.3 Å². The van der Waals surface area contributed by atoms with E-state index in [2.05, 4.69) is 5.32 Å². The highest BCUT2D eigenvalue weighted by atomic mass is 16.2. The van der Waals surface area contributed by atoms with Crippen molar-refractivity contribution in [1.82, 2.24) is 9.88 Å². The van der Waals surface area contributed by atoms with E-state index in [4.69, 9.17) is 0 Å². The Kier molecular flexibility index (Phi) is 4.16. The van der Waals surface area contributed by atoms with Crippen molar-refractivity contribution < 1.29 is 9.59 Å². The Morgan fingerprint density at radius 2 is 2.00 bits per heavy atom. The molecule has 0 aliphatic heterocycles. The molecule has 0 radical (unpaired) electrons. The van der Waals surface area contributed by atoms with Gasteiger partial charge in [-0.3, -0.25) is 9.59 Å². The topological polar surface area (TPSA) is 74.9 Å². The number of hydrogen-bond donors (Lipinski definition) is 1. The minimum atomic E-state index is -1.29. The van der Waals surface area contributed by atoms with Gasteiger partial charge in [0.2, 0.25) is 11.7 Å². The van der Waals surface area contributed by atoms with Crippen LogP contribution >= 0.6 is 0 Å². The number of nitrogens with one attached hydrogen (secondary N) is 1. The molecule has 0 bridgehead atoms. The maximum absolute atomic E-state index is 12.7. The van der Waals surface area contributed by atoms with Gasteiger partial charge in [0.25, 0.3) is 0 Å². The fraction of sp³-hybridized carbons (Fsp3) is 0.389. The zero-order valence-electron chi connectivity index (χ0n) is 13.1. The largest absolute Gasteiger partial charge is 0.352 e. The van der Waals surface area contributed by atoms with Crippen molar-refractivity contribution >= 4 is 22.6 Å². The summed E-state index contributed by atoms with van der Waals surface area (Å²) in [5.74, 6) is -2.21. The second-order valence-corrected chi connectivity index (χ2v) is 6.06. The number of ketones is 1. The summed E-state index contributed by atoms with van der Waals surface area (Å²) in [5, 5.41) is 13.1. The molecule has 0 saturated heterocycles. The molecule has 1 heterocycles. The monoisotopic (exact) mass is 309 g/mol. The second-order valence-electron chi connectivity index (χ2n) is 6.06. The smallest absolute Gasteiger partial charge is 0.245 e. The van der Waals surface area contributed by atoms with Crippen LogP contribution in [0.4, 0.5) is 0 Å². The molecule has 1 aromatic heterocycles. The average molecular weight is 309 g/mol. The maximum atomic E-state index is 12.7. The van der Waals surface area contributed by atoms with E-state index in [1.165, 1.54) is 0 Å². The number of nitrogens with zero attached hydrogens (tertiary/aromatic N) is 2. The van der Waals surface area contributed by atoms with E-state index >= 15 is 0 Å². The van der Waals surface area contributed by atoms with Crippen molar-refractivity contribution in [2.45, 2.75) is 31.7 Å². The van der Waals surface area contributed by atoms with Gasteiger partial charge in [0.05, 0.1) is 11.8 Å². The summed E-state index contributed by atoms with van der Waals surface area (Å²) >= 11 is 0. The van der Waals surface area contributed by atoms with Crippen molar-refractivity contribution in [2.75, 3.05) is 0 Å². The Balaban J connectivity index is 1.85. The third kappa shape index (κ3) is 2.85. The van der Waals surface area contributed by atoms with Gasteiger partial charge in [-0.15, -0.1) is 0 Å². The number of aryl methyl sites for hydroxylation is 1. The highest BCUT2D eigenvalue weighted by Gasteiger charge is 2.31. The van der Waals surface area contributed by atoms with Gasteiger partial charge in [0.1, 0.15) is 0 Å². The molecular weight excluding hydrogens is 290 g/mol. The summed E-state index contributed by atoms with van der Waals surface area (Å²) in [6, 6.07) is 11.3. The van der Waals surface area contributed by atoms with E-state index in [0.717, 1.165) is 36.6 Å². The van der Waals surface area contributed by atoms with Gasteiger partial charge < -0.3 is 9.88 Å². The molecule has 5 nitrogen and oxygen atoms in total. The van der Waals surface area contributed by atoms with Crippen molar-refractivity contribution in [2.24, 2.45) is 13.0 Å². The predicted molar refractivity (Wildman–Crippen MR) is 86.8 cm³/mol. The third-order valence-electron chi connectivity index (χ3n) is 4.56. The van der Waals surface area contributed by atoms with Crippen LogP contribution in [0.1, 0.15) is 36.2 Å². The number of para-hydroxylation sites is 1. The lowest BCUT2D eigenvalue weighted by Crippen LogP contribution is -2.40. The van der Waals surface area contributed by atoms with Gasteiger partial charge in [0.15, 0.2) is 5.92 Å². The zero-order valence-corrected chi connectivity index (χ0v) is 13.1. The fourth-order valence-electron chi connectivity index (χ4n) is 3.26. The van der Waals surface area contributed by atoms with Crippen LogP contribution in [0, 0.1) is 17.2 Å². The Morgan fingerprint density at radius 1 is 1.30 bits per heavy atom. The Bertz CT molecular complexity index is 794.